The molecular weight excluding hydrogens is 705 g/mol. The first-order valence-corrected chi connectivity index (χ1v) is 19.8. The molecule has 0 saturated carbocycles. The van der Waals surface area contributed by atoms with E-state index in [2.05, 4.69) is 233 Å². The molecule has 1 aliphatic heterocycles. The lowest BCUT2D eigenvalue weighted by atomic mass is 9.93. The van der Waals surface area contributed by atoms with E-state index in [0.29, 0.717) is 0 Å². The number of aliphatic imine (C=N–C) groups is 1. The fourth-order valence-corrected chi connectivity index (χ4v) is 8.74. The van der Waals surface area contributed by atoms with Crippen molar-refractivity contribution in [3.05, 3.63) is 235 Å². The average Bonchev–Trinajstić information content (AvgIpc) is 3.64. The lowest BCUT2D eigenvalue weighted by Crippen LogP contribution is -2.39. The molecule has 1 aliphatic carbocycles. The number of nitrogens with zero attached hydrogens (tertiary/aromatic N) is 3. The number of rotatable bonds is 7. The molecule has 8 aromatic carbocycles. The Morgan fingerprint density at radius 2 is 1.09 bits per heavy atom. The Bertz CT molecular complexity index is 3060. The Balaban J connectivity index is 1.10. The summed E-state index contributed by atoms with van der Waals surface area (Å²) in [5.74, 6) is 0.871. The van der Waals surface area contributed by atoms with Gasteiger partial charge >= 0.3 is 0 Å². The zero-order valence-corrected chi connectivity index (χ0v) is 31.7. The average molecular weight is 743 g/mol. The highest BCUT2D eigenvalue weighted by atomic mass is 15.1. The standard InChI is InChI=1S/C54H38N4/c1-5-17-38(18-6-1)53-46-27-15-16-28-49(46)55-54(56-53)39-31-34-50-48(35-39)52-45-26-14-13-25-44(45)47(36-51(52)58(50)42-23-11-4-12-24-42)37-29-32-43(33-30-37)57(40-19-7-2-8-20-40)41-21-9-3-10-22-41/h1-36,49H,(H,55,56). The van der Waals surface area contributed by atoms with Gasteiger partial charge in [-0.25, -0.2) is 4.99 Å². The van der Waals surface area contributed by atoms with Crippen LogP contribution in [0.1, 0.15) is 11.1 Å². The molecule has 1 unspecified atom stereocenters. The first kappa shape index (κ1) is 33.6. The van der Waals surface area contributed by atoms with E-state index < -0.39 is 0 Å². The first-order valence-electron chi connectivity index (χ1n) is 19.8. The highest BCUT2D eigenvalue weighted by Crippen LogP contribution is 2.43. The molecule has 58 heavy (non-hydrogen) atoms. The van der Waals surface area contributed by atoms with Gasteiger partial charge in [0.05, 0.1) is 22.8 Å². The van der Waals surface area contributed by atoms with Gasteiger partial charge in [0.25, 0.3) is 0 Å². The Kier molecular flexibility index (Phi) is 8.18. The van der Waals surface area contributed by atoms with Crippen LogP contribution < -0.4 is 10.2 Å². The number of benzene rings is 8. The highest BCUT2D eigenvalue weighted by Gasteiger charge is 2.26. The minimum atomic E-state index is 0.0382. The third-order valence-electron chi connectivity index (χ3n) is 11.4. The topological polar surface area (TPSA) is 32.6 Å². The third-order valence-corrected chi connectivity index (χ3v) is 11.4. The number of para-hydroxylation sites is 3. The van der Waals surface area contributed by atoms with Gasteiger partial charge in [0.2, 0.25) is 0 Å². The van der Waals surface area contributed by atoms with Gasteiger partial charge < -0.3 is 14.8 Å². The SMILES string of the molecule is C1=CC2=C(c3ccccc3)N=C(c3ccc4c(c3)c3c5ccccc5c(-c5ccc(N(c6ccccc6)c6ccccc6)cc5)cc3n4-c3ccccc3)NC2C=C1. The summed E-state index contributed by atoms with van der Waals surface area (Å²) in [5, 5.41) is 8.62. The number of allylic oxidation sites excluding steroid dienone is 2. The Labute approximate surface area is 337 Å². The fraction of sp³-hybridized carbons (Fsp3) is 0.0185. The van der Waals surface area contributed by atoms with Crippen molar-refractivity contribution in [2.75, 3.05) is 4.90 Å². The number of anilines is 3. The molecule has 2 heterocycles. The van der Waals surface area contributed by atoms with E-state index in [1.54, 1.807) is 0 Å². The monoisotopic (exact) mass is 742 g/mol. The fourth-order valence-electron chi connectivity index (χ4n) is 8.74. The maximum absolute atomic E-state index is 5.32. The molecule has 4 nitrogen and oxygen atoms in total. The maximum atomic E-state index is 5.32. The van der Waals surface area contributed by atoms with Gasteiger partial charge in [0, 0.05) is 50.2 Å². The van der Waals surface area contributed by atoms with Crippen LogP contribution in [0, 0.1) is 0 Å². The maximum Gasteiger partial charge on any atom is 0.134 e. The molecule has 1 atom stereocenters. The van der Waals surface area contributed by atoms with Crippen LogP contribution in [0.2, 0.25) is 0 Å². The van der Waals surface area contributed by atoms with E-state index in [4.69, 9.17) is 4.99 Å². The quantitative estimate of drug-likeness (QED) is 0.176. The van der Waals surface area contributed by atoms with Gasteiger partial charge in [-0.2, -0.15) is 0 Å². The second-order valence-corrected chi connectivity index (χ2v) is 14.8. The molecule has 0 bridgehead atoms. The van der Waals surface area contributed by atoms with Crippen LogP contribution in [0.5, 0.6) is 0 Å². The summed E-state index contributed by atoms with van der Waals surface area (Å²) < 4.78 is 2.42. The van der Waals surface area contributed by atoms with Gasteiger partial charge in [-0.1, -0.05) is 146 Å². The summed E-state index contributed by atoms with van der Waals surface area (Å²) in [6.07, 6.45) is 8.61. The van der Waals surface area contributed by atoms with Crippen LogP contribution in [0.3, 0.4) is 0 Å². The first-order chi connectivity index (χ1) is 28.8. The number of hydrogen-bond acceptors (Lipinski definition) is 3. The van der Waals surface area contributed by atoms with Gasteiger partial charge in [-0.05, 0) is 94.7 Å². The number of hydrogen-bond donors (Lipinski definition) is 1. The Morgan fingerprint density at radius 1 is 0.483 bits per heavy atom. The number of aromatic nitrogens is 1. The summed E-state index contributed by atoms with van der Waals surface area (Å²) in [6.45, 7) is 0. The van der Waals surface area contributed by atoms with Crippen LogP contribution in [0.15, 0.2) is 229 Å². The van der Waals surface area contributed by atoms with Gasteiger partial charge in [0.15, 0.2) is 0 Å². The third kappa shape index (κ3) is 5.74. The molecule has 11 rings (SSSR count). The van der Waals surface area contributed by atoms with E-state index in [1.807, 2.05) is 0 Å². The summed E-state index contributed by atoms with van der Waals surface area (Å²) >= 11 is 0. The van der Waals surface area contributed by atoms with Crippen LogP contribution in [0.25, 0.3) is 55.1 Å². The van der Waals surface area contributed by atoms with Crippen molar-refractivity contribution in [3.63, 3.8) is 0 Å². The number of nitrogens with one attached hydrogen (secondary N) is 1. The molecule has 4 heteroatoms. The van der Waals surface area contributed by atoms with Crippen LogP contribution >= 0.6 is 0 Å². The lowest BCUT2D eigenvalue weighted by Gasteiger charge is -2.28. The second-order valence-electron chi connectivity index (χ2n) is 14.8. The predicted octanol–water partition coefficient (Wildman–Crippen LogP) is 13.3. The van der Waals surface area contributed by atoms with E-state index in [9.17, 15) is 0 Å². The van der Waals surface area contributed by atoms with Crippen LogP contribution in [-0.2, 0) is 0 Å². The normalized spacial score (nSPS) is 14.8. The molecule has 0 spiro atoms. The summed E-state index contributed by atoms with van der Waals surface area (Å²) in [6, 6.07) is 69.5. The van der Waals surface area contributed by atoms with E-state index in [-0.39, 0.29) is 6.04 Å². The molecule has 0 radical (unpaired) electrons. The van der Waals surface area contributed by atoms with Gasteiger partial charge in [-0.15, -0.1) is 0 Å². The largest absolute Gasteiger partial charge is 0.359 e. The van der Waals surface area contributed by atoms with E-state index >= 15 is 0 Å². The number of amidine groups is 1. The van der Waals surface area contributed by atoms with Gasteiger partial charge in [0.1, 0.15) is 5.84 Å². The smallest absolute Gasteiger partial charge is 0.134 e. The minimum absolute atomic E-state index is 0.0382. The van der Waals surface area contributed by atoms with Crippen molar-refractivity contribution < 1.29 is 0 Å². The molecule has 274 valence electrons. The van der Waals surface area contributed by atoms with Crippen molar-refractivity contribution in [1.29, 1.82) is 0 Å². The van der Waals surface area contributed by atoms with Gasteiger partial charge in [-0.3, -0.25) is 0 Å². The van der Waals surface area contributed by atoms with Crippen molar-refractivity contribution in [2.24, 2.45) is 4.99 Å². The van der Waals surface area contributed by atoms with Crippen LogP contribution in [-0.4, -0.2) is 16.4 Å². The molecule has 0 fully saturated rings. The van der Waals surface area contributed by atoms with Crippen molar-refractivity contribution >= 4 is 61.2 Å². The van der Waals surface area contributed by atoms with Crippen molar-refractivity contribution in [3.8, 4) is 16.8 Å². The zero-order chi connectivity index (χ0) is 38.4. The highest BCUT2D eigenvalue weighted by molar-refractivity contribution is 6.25. The molecule has 2 aliphatic rings. The second kappa shape index (κ2) is 14.1. The van der Waals surface area contributed by atoms with Crippen LogP contribution in [0.4, 0.5) is 17.1 Å². The Morgan fingerprint density at radius 3 is 1.79 bits per heavy atom. The van der Waals surface area contributed by atoms with Crippen molar-refractivity contribution in [2.45, 2.75) is 6.04 Å². The molecule has 0 saturated heterocycles. The van der Waals surface area contributed by atoms with Crippen molar-refractivity contribution in [1.82, 2.24) is 9.88 Å². The van der Waals surface area contributed by atoms with E-state index in [0.717, 1.165) is 56.4 Å². The zero-order valence-electron chi connectivity index (χ0n) is 31.7. The molecular formula is C54H38N4. The predicted molar refractivity (Wildman–Crippen MR) is 244 cm³/mol. The number of fused-ring (bicyclic) bond motifs is 6. The molecule has 1 N–H and O–H groups in total. The minimum Gasteiger partial charge on any atom is -0.359 e. The van der Waals surface area contributed by atoms with E-state index in [1.165, 1.54) is 38.2 Å². The Hall–Kier alpha value is -7.69. The summed E-state index contributed by atoms with van der Waals surface area (Å²) in [5.41, 5.74) is 13.5. The summed E-state index contributed by atoms with van der Waals surface area (Å²) in [7, 11) is 0. The molecule has 0 amide bonds. The summed E-state index contributed by atoms with van der Waals surface area (Å²) in [4.78, 5) is 7.63. The lowest BCUT2D eigenvalue weighted by molar-refractivity contribution is 0.830. The molecule has 1 aromatic heterocycles. The molecule has 9 aromatic rings.